The first kappa shape index (κ1) is 24.2. The maximum atomic E-state index is 13.3. The van der Waals surface area contributed by atoms with Crippen LogP contribution in [0.4, 0.5) is 0 Å². The summed E-state index contributed by atoms with van der Waals surface area (Å²) in [5.74, 6) is 0.0736. The van der Waals surface area contributed by atoms with Crippen LogP contribution in [0.2, 0.25) is 0 Å². The summed E-state index contributed by atoms with van der Waals surface area (Å²) < 4.78 is 6.32. The van der Waals surface area contributed by atoms with Crippen LogP contribution in [0.5, 0.6) is 0 Å². The van der Waals surface area contributed by atoms with Crippen LogP contribution >= 0.6 is 0 Å². The molecule has 2 aliphatic rings. The molecule has 2 fully saturated rings. The van der Waals surface area contributed by atoms with E-state index in [0.717, 1.165) is 37.8 Å². The van der Waals surface area contributed by atoms with Crippen LogP contribution in [0.3, 0.4) is 0 Å². The highest BCUT2D eigenvalue weighted by Crippen LogP contribution is 2.38. The van der Waals surface area contributed by atoms with Gasteiger partial charge in [-0.3, -0.25) is 9.59 Å². The number of amides is 2. The van der Waals surface area contributed by atoms with Gasteiger partial charge in [-0.05, 0) is 36.9 Å². The molecule has 5 rings (SSSR count). The maximum Gasteiger partial charge on any atom is 0.313 e. The Morgan fingerprint density at radius 2 is 1.75 bits per heavy atom. The molecule has 3 aromatic rings. The minimum absolute atomic E-state index is 0.109. The second-order valence-electron chi connectivity index (χ2n) is 9.53. The molecule has 1 unspecified atom stereocenters. The number of carbonyl (C=O) groups is 2. The molecule has 0 aliphatic carbocycles. The molecule has 3 atom stereocenters. The predicted octanol–water partition coefficient (Wildman–Crippen LogP) is 3.84. The van der Waals surface area contributed by atoms with Crippen molar-refractivity contribution in [2.24, 2.45) is 0 Å². The van der Waals surface area contributed by atoms with Crippen LogP contribution in [-0.2, 0) is 9.59 Å². The lowest BCUT2D eigenvalue weighted by atomic mass is 9.85. The highest BCUT2D eigenvalue weighted by atomic mass is 16.4. The van der Waals surface area contributed by atoms with Gasteiger partial charge in [0.05, 0.1) is 6.04 Å². The zero-order chi connectivity index (χ0) is 24.9. The molecule has 1 N–H and O–H groups in total. The van der Waals surface area contributed by atoms with Gasteiger partial charge in [0.15, 0.2) is 0 Å². The second kappa shape index (κ2) is 11.0. The third kappa shape index (κ3) is 4.91. The van der Waals surface area contributed by atoms with E-state index in [1.54, 1.807) is 9.80 Å². The summed E-state index contributed by atoms with van der Waals surface area (Å²) >= 11 is 0. The number of hydrogen-bond acceptors (Lipinski definition) is 6. The predicted molar refractivity (Wildman–Crippen MR) is 135 cm³/mol. The van der Waals surface area contributed by atoms with Crippen molar-refractivity contribution < 1.29 is 14.0 Å². The fraction of sp³-hybridized carbons (Fsp3) is 0.429. The van der Waals surface area contributed by atoms with Gasteiger partial charge in [0.25, 0.3) is 0 Å². The first-order valence-electron chi connectivity index (χ1n) is 12.9. The summed E-state index contributed by atoms with van der Waals surface area (Å²) in [6, 6.07) is 19.3. The van der Waals surface area contributed by atoms with Crippen LogP contribution in [0, 0.1) is 0 Å². The molecule has 2 aromatic carbocycles. The summed E-state index contributed by atoms with van der Waals surface area (Å²) in [6.07, 6.45) is 3.94. The number of carbonyl (C=O) groups excluding carboxylic acids is 2. The van der Waals surface area contributed by atoms with Gasteiger partial charge in [-0.25, -0.2) is 0 Å². The molecular weight excluding hydrogens is 454 g/mol. The Balaban J connectivity index is 1.45. The molecule has 2 amide bonds. The van der Waals surface area contributed by atoms with E-state index in [-0.39, 0.29) is 12.0 Å². The van der Waals surface area contributed by atoms with Crippen LogP contribution in [0.25, 0.3) is 0 Å². The van der Waals surface area contributed by atoms with Crippen molar-refractivity contribution in [1.82, 2.24) is 25.3 Å². The number of piperazine rings is 1. The number of hydrogen-bond donors (Lipinski definition) is 1. The van der Waals surface area contributed by atoms with Gasteiger partial charge in [0.1, 0.15) is 6.04 Å². The molecule has 188 valence electrons. The highest BCUT2D eigenvalue weighted by Gasteiger charge is 2.40. The standard InChI is InChI=1S/C28H33N5O3/c1-2-3-17-32-18-19-33(28(35)27(32)34)24(21-13-8-5-9-14-21)26-31-30-25(36-26)23-22(15-10-16-29-23)20-11-6-4-7-12-20/h4-9,11-14,22-24,29H,2-3,10,15-19H2,1H3/t22-,23+,24?/m1/s1. The quantitative estimate of drug-likeness (QED) is 0.486. The van der Waals surface area contributed by atoms with E-state index >= 15 is 0 Å². The van der Waals surface area contributed by atoms with Gasteiger partial charge in [0.2, 0.25) is 11.8 Å². The average Bonchev–Trinajstić information content (AvgIpc) is 3.41. The summed E-state index contributed by atoms with van der Waals surface area (Å²) in [4.78, 5) is 29.4. The van der Waals surface area contributed by atoms with E-state index in [4.69, 9.17) is 4.42 Å². The molecule has 8 nitrogen and oxygen atoms in total. The molecule has 0 radical (unpaired) electrons. The molecule has 0 saturated carbocycles. The fourth-order valence-corrected chi connectivity index (χ4v) is 5.28. The van der Waals surface area contributed by atoms with Crippen molar-refractivity contribution in [3.8, 4) is 0 Å². The molecule has 3 heterocycles. The first-order valence-corrected chi connectivity index (χ1v) is 12.9. The number of piperidine rings is 1. The van der Waals surface area contributed by atoms with Crippen molar-refractivity contribution in [1.29, 1.82) is 0 Å². The minimum Gasteiger partial charge on any atom is -0.421 e. The van der Waals surface area contributed by atoms with Crippen LogP contribution < -0.4 is 5.32 Å². The third-order valence-electron chi connectivity index (χ3n) is 7.19. The highest BCUT2D eigenvalue weighted by molar-refractivity contribution is 6.35. The van der Waals surface area contributed by atoms with E-state index in [9.17, 15) is 9.59 Å². The Morgan fingerprint density at radius 3 is 2.50 bits per heavy atom. The van der Waals surface area contributed by atoms with E-state index in [1.807, 2.05) is 36.4 Å². The van der Waals surface area contributed by atoms with E-state index in [0.29, 0.717) is 31.4 Å². The molecular formula is C28H33N5O3. The summed E-state index contributed by atoms with van der Waals surface area (Å²) in [5.41, 5.74) is 2.07. The van der Waals surface area contributed by atoms with Gasteiger partial charge < -0.3 is 19.5 Å². The van der Waals surface area contributed by atoms with E-state index < -0.39 is 17.9 Å². The van der Waals surface area contributed by atoms with Crippen molar-refractivity contribution in [2.45, 2.75) is 50.6 Å². The van der Waals surface area contributed by atoms with Crippen molar-refractivity contribution >= 4 is 11.8 Å². The number of benzene rings is 2. The summed E-state index contributed by atoms with van der Waals surface area (Å²) in [6.45, 7) is 4.46. The Bertz CT molecular complexity index is 1170. The summed E-state index contributed by atoms with van der Waals surface area (Å²) in [7, 11) is 0. The van der Waals surface area contributed by atoms with Gasteiger partial charge in [-0.2, -0.15) is 0 Å². The third-order valence-corrected chi connectivity index (χ3v) is 7.19. The number of rotatable bonds is 8. The number of nitrogens with one attached hydrogen (secondary N) is 1. The minimum atomic E-state index is -0.615. The lowest BCUT2D eigenvalue weighted by Crippen LogP contribution is -2.55. The van der Waals surface area contributed by atoms with Crippen molar-refractivity contribution in [2.75, 3.05) is 26.2 Å². The lowest BCUT2D eigenvalue weighted by Gasteiger charge is -2.37. The van der Waals surface area contributed by atoms with Crippen molar-refractivity contribution in [3.63, 3.8) is 0 Å². The Morgan fingerprint density at radius 1 is 1.00 bits per heavy atom. The molecule has 0 bridgehead atoms. The normalized spacial score (nSPS) is 21.6. The first-order chi connectivity index (χ1) is 17.7. The molecule has 2 saturated heterocycles. The van der Waals surface area contributed by atoms with E-state index in [1.165, 1.54) is 5.56 Å². The zero-order valence-corrected chi connectivity index (χ0v) is 20.7. The number of aromatic nitrogens is 2. The molecule has 1 aromatic heterocycles. The SMILES string of the molecule is CCCCN1CCN(C(c2ccccc2)c2nnc([C@H]3NCCC[C@@H]3c3ccccc3)o2)C(=O)C1=O. The van der Waals surface area contributed by atoms with E-state index in [2.05, 4.69) is 46.7 Å². The van der Waals surface area contributed by atoms with Gasteiger partial charge in [-0.15, -0.1) is 10.2 Å². The van der Waals surface area contributed by atoms with Crippen LogP contribution in [-0.4, -0.2) is 58.0 Å². The lowest BCUT2D eigenvalue weighted by molar-refractivity contribution is -0.157. The molecule has 0 spiro atoms. The van der Waals surface area contributed by atoms with Crippen LogP contribution in [0.1, 0.15) is 73.5 Å². The molecule has 2 aliphatic heterocycles. The Kier molecular flexibility index (Phi) is 7.41. The number of nitrogens with zero attached hydrogens (tertiary/aromatic N) is 4. The topological polar surface area (TPSA) is 91.6 Å². The summed E-state index contributed by atoms with van der Waals surface area (Å²) in [5, 5.41) is 12.4. The van der Waals surface area contributed by atoms with Gasteiger partial charge >= 0.3 is 11.8 Å². The van der Waals surface area contributed by atoms with Gasteiger partial charge in [0, 0.05) is 25.6 Å². The van der Waals surface area contributed by atoms with Crippen molar-refractivity contribution in [3.05, 3.63) is 83.6 Å². The Labute approximate surface area is 211 Å². The number of unbranched alkanes of at least 4 members (excludes halogenated alkanes) is 1. The van der Waals surface area contributed by atoms with Gasteiger partial charge in [-0.1, -0.05) is 74.0 Å². The average molecular weight is 488 g/mol. The Hall–Kier alpha value is -3.52. The maximum absolute atomic E-state index is 13.3. The second-order valence-corrected chi connectivity index (χ2v) is 9.53. The fourth-order valence-electron chi connectivity index (χ4n) is 5.28. The largest absolute Gasteiger partial charge is 0.421 e. The zero-order valence-electron chi connectivity index (χ0n) is 20.7. The molecule has 8 heteroatoms. The van der Waals surface area contributed by atoms with Crippen LogP contribution in [0.15, 0.2) is 65.1 Å². The smallest absolute Gasteiger partial charge is 0.313 e. The monoisotopic (exact) mass is 487 g/mol. The molecule has 36 heavy (non-hydrogen) atoms.